The number of hydrogen-bond donors (Lipinski definition) is 1. The maximum atomic E-state index is 12.6. The zero-order valence-corrected chi connectivity index (χ0v) is 14.3. The smallest absolute Gasteiger partial charge is 0.222 e. The third-order valence-corrected chi connectivity index (χ3v) is 5.70. The van der Waals surface area contributed by atoms with E-state index in [4.69, 9.17) is 5.73 Å². The van der Waals surface area contributed by atoms with Crippen molar-refractivity contribution in [3.05, 3.63) is 18.0 Å². The first kappa shape index (κ1) is 16.5. The molecule has 2 aliphatic rings. The van der Waals surface area contributed by atoms with E-state index in [0.29, 0.717) is 24.2 Å². The lowest BCUT2D eigenvalue weighted by Gasteiger charge is -2.34. The Hall–Kier alpha value is -1.36. The fourth-order valence-corrected chi connectivity index (χ4v) is 4.07. The van der Waals surface area contributed by atoms with Crippen LogP contribution in [-0.4, -0.2) is 39.7 Å². The summed E-state index contributed by atoms with van der Waals surface area (Å²) in [6, 6.07) is 0.227. The number of likely N-dealkylation sites (tertiary alicyclic amines) is 1. The molecule has 0 radical (unpaired) electrons. The molecule has 23 heavy (non-hydrogen) atoms. The number of carbonyl (C=O) groups is 1. The molecule has 0 aromatic carbocycles. The average molecular weight is 318 g/mol. The van der Waals surface area contributed by atoms with Gasteiger partial charge in [-0.3, -0.25) is 9.48 Å². The van der Waals surface area contributed by atoms with Gasteiger partial charge in [0.15, 0.2) is 0 Å². The van der Waals surface area contributed by atoms with Crippen LogP contribution in [0.25, 0.3) is 0 Å². The molecule has 0 bridgehead atoms. The molecule has 1 aromatic rings. The Bertz CT molecular complexity index is 519. The molecule has 1 aromatic heterocycles. The van der Waals surface area contributed by atoms with Crippen LogP contribution in [0, 0.1) is 5.92 Å². The van der Waals surface area contributed by atoms with Gasteiger partial charge in [0, 0.05) is 38.3 Å². The van der Waals surface area contributed by atoms with Gasteiger partial charge in [0.2, 0.25) is 5.91 Å². The first-order valence-electron chi connectivity index (χ1n) is 9.23. The summed E-state index contributed by atoms with van der Waals surface area (Å²) in [5.74, 6) is 1.27. The Labute approximate surface area is 139 Å². The third-order valence-electron chi connectivity index (χ3n) is 5.70. The van der Waals surface area contributed by atoms with Gasteiger partial charge >= 0.3 is 0 Å². The van der Waals surface area contributed by atoms with E-state index in [9.17, 15) is 4.79 Å². The molecule has 3 rings (SSSR count). The van der Waals surface area contributed by atoms with Crippen molar-refractivity contribution >= 4 is 5.91 Å². The van der Waals surface area contributed by atoms with E-state index < -0.39 is 0 Å². The summed E-state index contributed by atoms with van der Waals surface area (Å²) < 4.78 is 1.98. The van der Waals surface area contributed by atoms with E-state index in [1.807, 2.05) is 10.9 Å². The summed E-state index contributed by atoms with van der Waals surface area (Å²) in [5.41, 5.74) is 7.52. The summed E-state index contributed by atoms with van der Waals surface area (Å²) in [5, 5.41) is 4.37. The number of carbonyl (C=O) groups excluding carboxylic acids is 1. The van der Waals surface area contributed by atoms with Gasteiger partial charge in [-0.25, -0.2) is 0 Å². The van der Waals surface area contributed by atoms with E-state index in [1.54, 1.807) is 0 Å². The molecule has 2 heterocycles. The SMILES string of the molecule is CCn1cc(C2CCN(C(=O)C[C@@H]3CCCC[C@@H]3N)CC2)cn1. The van der Waals surface area contributed by atoms with Crippen molar-refractivity contribution in [3.8, 4) is 0 Å². The molecule has 2 N–H and O–H groups in total. The summed E-state index contributed by atoms with van der Waals surface area (Å²) >= 11 is 0. The largest absolute Gasteiger partial charge is 0.343 e. The molecule has 2 fully saturated rings. The Morgan fingerprint density at radius 1 is 1.26 bits per heavy atom. The van der Waals surface area contributed by atoms with Crippen molar-refractivity contribution < 1.29 is 4.79 Å². The number of piperidine rings is 1. The minimum atomic E-state index is 0.227. The van der Waals surface area contributed by atoms with Crippen molar-refractivity contribution in [2.24, 2.45) is 11.7 Å². The monoisotopic (exact) mass is 318 g/mol. The fourth-order valence-electron chi connectivity index (χ4n) is 4.07. The number of rotatable bonds is 4. The normalized spacial score (nSPS) is 26.4. The van der Waals surface area contributed by atoms with Gasteiger partial charge in [-0.2, -0.15) is 5.10 Å². The van der Waals surface area contributed by atoms with E-state index in [1.165, 1.54) is 18.4 Å². The van der Waals surface area contributed by atoms with Crippen LogP contribution >= 0.6 is 0 Å². The van der Waals surface area contributed by atoms with Crippen molar-refractivity contribution in [1.82, 2.24) is 14.7 Å². The van der Waals surface area contributed by atoms with E-state index in [-0.39, 0.29) is 6.04 Å². The summed E-state index contributed by atoms with van der Waals surface area (Å²) in [6.07, 6.45) is 11.6. The highest BCUT2D eigenvalue weighted by Gasteiger charge is 2.29. The van der Waals surface area contributed by atoms with E-state index >= 15 is 0 Å². The number of aryl methyl sites for hydroxylation is 1. The van der Waals surface area contributed by atoms with Crippen LogP contribution in [0.5, 0.6) is 0 Å². The van der Waals surface area contributed by atoms with Crippen LogP contribution in [0.2, 0.25) is 0 Å². The van der Waals surface area contributed by atoms with Crippen LogP contribution < -0.4 is 5.73 Å². The van der Waals surface area contributed by atoms with E-state index in [0.717, 1.165) is 45.3 Å². The second kappa shape index (κ2) is 7.47. The minimum absolute atomic E-state index is 0.227. The van der Waals surface area contributed by atoms with Crippen LogP contribution in [0.3, 0.4) is 0 Å². The molecule has 1 aliphatic carbocycles. The third kappa shape index (κ3) is 3.94. The number of nitrogens with zero attached hydrogens (tertiary/aromatic N) is 3. The van der Waals surface area contributed by atoms with Gasteiger partial charge in [-0.15, -0.1) is 0 Å². The molecule has 5 heteroatoms. The lowest BCUT2D eigenvalue weighted by atomic mass is 9.82. The first-order valence-corrected chi connectivity index (χ1v) is 9.23. The van der Waals surface area contributed by atoms with Crippen LogP contribution in [-0.2, 0) is 11.3 Å². The lowest BCUT2D eigenvalue weighted by Crippen LogP contribution is -2.41. The maximum absolute atomic E-state index is 12.6. The predicted octanol–water partition coefficient (Wildman–Crippen LogP) is 2.52. The van der Waals surface area contributed by atoms with Crippen molar-refractivity contribution in [3.63, 3.8) is 0 Å². The van der Waals surface area contributed by atoms with Crippen molar-refractivity contribution in [2.45, 2.75) is 70.4 Å². The maximum Gasteiger partial charge on any atom is 0.222 e. The van der Waals surface area contributed by atoms with Gasteiger partial charge in [0.25, 0.3) is 0 Å². The Morgan fingerprint density at radius 3 is 2.65 bits per heavy atom. The fraction of sp³-hybridized carbons (Fsp3) is 0.778. The quantitative estimate of drug-likeness (QED) is 0.928. The predicted molar refractivity (Wildman–Crippen MR) is 91.0 cm³/mol. The van der Waals surface area contributed by atoms with Crippen molar-refractivity contribution in [1.29, 1.82) is 0 Å². The number of amides is 1. The molecule has 1 aliphatic heterocycles. The van der Waals surface area contributed by atoms with Crippen LogP contribution in [0.1, 0.15) is 63.4 Å². The second-order valence-electron chi connectivity index (χ2n) is 7.20. The highest BCUT2D eigenvalue weighted by atomic mass is 16.2. The first-order chi connectivity index (χ1) is 11.2. The number of nitrogens with two attached hydrogens (primary N) is 1. The van der Waals surface area contributed by atoms with Gasteiger partial charge in [-0.05, 0) is 50.0 Å². The van der Waals surface area contributed by atoms with Crippen LogP contribution in [0.15, 0.2) is 12.4 Å². The highest BCUT2D eigenvalue weighted by Crippen LogP contribution is 2.30. The minimum Gasteiger partial charge on any atom is -0.343 e. The molecular formula is C18H30N4O. The molecule has 1 amide bonds. The summed E-state index contributed by atoms with van der Waals surface area (Å²) in [4.78, 5) is 14.6. The second-order valence-corrected chi connectivity index (χ2v) is 7.20. The molecule has 0 unspecified atom stereocenters. The summed E-state index contributed by atoms with van der Waals surface area (Å²) in [6.45, 7) is 4.78. The van der Waals surface area contributed by atoms with Crippen molar-refractivity contribution in [2.75, 3.05) is 13.1 Å². The van der Waals surface area contributed by atoms with Gasteiger partial charge in [0.1, 0.15) is 0 Å². The van der Waals surface area contributed by atoms with Gasteiger partial charge in [-0.1, -0.05) is 12.8 Å². The van der Waals surface area contributed by atoms with Gasteiger partial charge in [0.05, 0.1) is 6.20 Å². The Balaban J connectivity index is 1.49. The molecule has 128 valence electrons. The zero-order valence-electron chi connectivity index (χ0n) is 14.3. The topological polar surface area (TPSA) is 64.2 Å². The molecule has 1 saturated heterocycles. The molecule has 1 saturated carbocycles. The average Bonchev–Trinajstić information content (AvgIpc) is 3.06. The number of hydrogen-bond acceptors (Lipinski definition) is 3. The summed E-state index contributed by atoms with van der Waals surface area (Å²) in [7, 11) is 0. The number of aromatic nitrogens is 2. The Morgan fingerprint density at radius 2 is 2.00 bits per heavy atom. The molecule has 5 nitrogen and oxygen atoms in total. The standard InChI is InChI=1S/C18H30N4O/c1-2-22-13-16(12-20-22)14-7-9-21(10-8-14)18(23)11-15-5-3-4-6-17(15)19/h12-15,17H,2-11,19H2,1H3/t15-,17-/m0/s1. The molecular weight excluding hydrogens is 288 g/mol. The highest BCUT2D eigenvalue weighted by molar-refractivity contribution is 5.76. The van der Waals surface area contributed by atoms with Gasteiger partial charge < -0.3 is 10.6 Å². The molecule has 2 atom stereocenters. The molecule has 0 spiro atoms. The Kier molecular flexibility index (Phi) is 5.36. The van der Waals surface area contributed by atoms with Crippen LogP contribution in [0.4, 0.5) is 0 Å². The lowest BCUT2D eigenvalue weighted by molar-refractivity contribution is -0.133. The zero-order chi connectivity index (χ0) is 16.2. The van der Waals surface area contributed by atoms with E-state index in [2.05, 4.69) is 23.1 Å².